The Hall–Kier alpha value is -6.56. The van der Waals surface area contributed by atoms with Crippen molar-refractivity contribution in [1.82, 2.24) is 0 Å². The van der Waals surface area contributed by atoms with Crippen LogP contribution >= 0.6 is 0 Å². The van der Waals surface area contributed by atoms with Gasteiger partial charge in [-0.25, -0.2) is 0 Å². The van der Waals surface area contributed by atoms with Crippen LogP contribution in [0.25, 0.3) is 0 Å². The van der Waals surface area contributed by atoms with Crippen molar-refractivity contribution in [2.75, 3.05) is 72.7 Å². The minimum absolute atomic E-state index is 0.0110. The fourth-order valence-electron chi connectivity index (χ4n) is 9.28. The van der Waals surface area contributed by atoms with Crippen LogP contribution in [0.3, 0.4) is 0 Å². The molecule has 24 N–H and O–H groups in total. The second-order valence-electron chi connectivity index (χ2n) is 26.5. The first kappa shape index (κ1) is 137. The molecule has 0 aromatic carbocycles. The van der Waals surface area contributed by atoms with E-state index in [4.69, 9.17) is 193 Å². The third-order valence-corrected chi connectivity index (χ3v) is 16.3. The molecule has 8 fully saturated rings. The molecule has 8 rings (SSSR count). The first-order valence-electron chi connectivity index (χ1n) is 38.4. The highest BCUT2D eigenvalue weighted by Crippen LogP contribution is 2.25. The van der Waals surface area contributed by atoms with Gasteiger partial charge in [0.2, 0.25) is 0 Å². The first-order chi connectivity index (χ1) is 60.0. The maximum Gasteiger partial charge on any atom is 0.373 e. The van der Waals surface area contributed by atoms with Crippen LogP contribution in [0.4, 0.5) is 0 Å². The van der Waals surface area contributed by atoms with E-state index in [1.807, 2.05) is 41.5 Å². The summed E-state index contributed by atoms with van der Waals surface area (Å²) in [7, 11) is 0. The number of rotatable bonds is 19. The van der Waals surface area contributed by atoms with Crippen molar-refractivity contribution in [3.63, 3.8) is 0 Å². The second-order valence-corrected chi connectivity index (χ2v) is 26.5. The lowest BCUT2D eigenvalue weighted by Crippen LogP contribution is -2.54. The predicted molar refractivity (Wildman–Crippen MR) is 392 cm³/mol. The molecule has 8 heterocycles. The number of carbonyl (C=O) groups excluding carboxylic acids is 16. The highest BCUT2D eigenvalue weighted by atomic mass is 16.7. The van der Waals surface area contributed by atoms with Gasteiger partial charge in [-0.3, -0.25) is 0 Å². The Labute approximate surface area is 731 Å². The molecule has 0 amide bonds. The molecule has 8 aliphatic heterocycles. The van der Waals surface area contributed by atoms with E-state index in [-0.39, 0.29) is 133 Å². The monoisotopic (exact) mass is 1890 g/mol. The van der Waals surface area contributed by atoms with Crippen LogP contribution in [0, 0.1) is 0 Å². The Morgan fingerprint density at radius 2 is 0.312 bits per heavy atom. The van der Waals surface area contributed by atoms with E-state index < -0.39 is 197 Å². The van der Waals surface area contributed by atoms with E-state index in [1.165, 1.54) is 0 Å². The lowest BCUT2D eigenvalue weighted by molar-refractivity contribution is -0.280. The van der Waals surface area contributed by atoms with E-state index in [1.54, 1.807) is 48.5 Å². The van der Waals surface area contributed by atoms with Gasteiger partial charge in [0.05, 0.1) is 83.4 Å². The van der Waals surface area contributed by atoms with Crippen LogP contribution in [0.1, 0.15) is 109 Å². The third-order valence-electron chi connectivity index (χ3n) is 16.3. The summed E-state index contributed by atoms with van der Waals surface area (Å²) in [6, 6.07) is 0. The average Bonchev–Trinajstić information content (AvgIpc) is 0.657. The molecule has 56 nitrogen and oxygen atoms in total. The number of aliphatic hydroxyl groups is 24. The largest absolute Gasteiger partial charge is 0.388 e. The maximum absolute atomic E-state index is 9.49. The lowest BCUT2D eigenvalue weighted by atomic mass is 10.1. The maximum atomic E-state index is 9.49. The summed E-state index contributed by atoms with van der Waals surface area (Å²) in [5, 5.41) is 222. The quantitative estimate of drug-likeness (QED) is 0.0571. The summed E-state index contributed by atoms with van der Waals surface area (Å²) in [5.41, 5.74) is 0. The number of hydrogen-bond acceptors (Lipinski definition) is 56. The first-order valence-corrected chi connectivity index (χ1v) is 38.4. The van der Waals surface area contributed by atoms with Gasteiger partial charge in [0.15, 0.2) is 50.3 Å². The summed E-state index contributed by atoms with van der Waals surface area (Å²) in [5.74, 6) is 0. The van der Waals surface area contributed by atoms with Crippen molar-refractivity contribution in [3.05, 3.63) is 0 Å². The fourth-order valence-corrected chi connectivity index (χ4v) is 9.28. The van der Waals surface area contributed by atoms with Gasteiger partial charge in [0, 0.05) is 19.8 Å². The minimum Gasteiger partial charge on any atom is -0.388 e. The molecule has 0 bridgehead atoms. The number of ether oxygens (including phenoxy) is 16. The normalized spacial score (nSPS) is 34.4. The molecule has 128 heavy (non-hydrogen) atoms. The zero-order valence-corrected chi connectivity index (χ0v) is 72.1. The Morgan fingerprint density at radius 3 is 0.422 bits per heavy atom. The van der Waals surface area contributed by atoms with Gasteiger partial charge in [0.1, 0.15) is 146 Å². The lowest BCUT2D eigenvalue weighted by Gasteiger charge is -2.36. The molecule has 0 aromatic rings. The summed E-state index contributed by atoms with van der Waals surface area (Å²) in [6.45, 7) is 24.9. The zero-order chi connectivity index (χ0) is 101. The van der Waals surface area contributed by atoms with E-state index in [2.05, 4.69) is 0 Å². The summed E-state index contributed by atoms with van der Waals surface area (Å²) in [4.78, 5) is 130. The fraction of sp³-hybridized carbons (Fsp3) is 0.889. The summed E-state index contributed by atoms with van der Waals surface area (Å²) < 4.78 is 81.2. The van der Waals surface area contributed by atoms with Gasteiger partial charge in [-0.05, 0) is 88.5 Å². The number of hydrogen-bond donors (Lipinski definition) is 24. The summed E-state index contributed by atoms with van der Waals surface area (Å²) >= 11 is 0. The van der Waals surface area contributed by atoms with Crippen molar-refractivity contribution in [2.24, 2.45) is 0 Å². The Balaban J connectivity index is -0.000000207. The molecule has 8 aliphatic rings. The predicted octanol–water partition coefficient (Wildman–Crippen LogP) is -13.9. The molecule has 11 unspecified atom stereocenters. The molecular weight excluding hydrogens is 1760 g/mol. The van der Waals surface area contributed by atoms with Crippen LogP contribution in [0.2, 0.25) is 0 Å². The molecule has 0 spiro atoms. The van der Waals surface area contributed by atoms with Crippen molar-refractivity contribution in [1.29, 1.82) is 0 Å². The third kappa shape index (κ3) is 62.0. The van der Waals surface area contributed by atoms with E-state index in [9.17, 15) is 81.7 Å². The van der Waals surface area contributed by atoms with E-state index in [0.29, 0.717) is 19.8 Å². The minimum atomic E-state index is -1.20. The van der Waals surface area contributed by atoms with Gasteiger partial charge >= 0.3 is 49.2 Å². The van der Waals surface area contributed by atoms with Crippen LogP contribution in [0.15, 0.2) is 0 Å². The SMILES string of the molecule is CC(C)O[C@@H]1OC[C@@H](O)[C@H](O)C1O.CC(C)O[C@@H]1OC[C@@H](O)[C@H](O)C1O.CCC(C)O[C@@H]1OC[C@@H](O)[C@H](O)C1O.CCC(C)O[C@@H]1OC[C@@H](O)[C@H](O)C1O.CCC(C)O[C@@H]1OC[C@H](O)[C@H](O)C1O.CCO[C@@H]1OC[C@@H](O)[C@H](O)C1O.CCO[C@@H]1OC[C@@H](O)[C@H](O)C1O.CCO[C@@H]1OC[C@H](O)[C@H](O)C1O.O=C=O.O=C=O.O=C=O.O=C=O.O=C=O.O=C=O.O=C=O.O=C=O. The van der Waals surface area contributed by atoms with Crippen LogP contribution in [-0.4, -0.2) is 472 Å². The molecular formula is C72H128O56. The van der Waals surface area contributed by atoms with Gasteiger partial charge < -0.3 is 198 Å². The molecule has 8 saturated heterocycles. The molecule has 0 aliphatic carbocycles. The molecule has 0 saturated carbocycles. The van der Waals surface area contributed by atoms with Crippen molar-refractivity contribution in [2.45, 2.75) is 337 Å². The average molecular weight is 1890 g/mol. The second kappa shape index (κ2) is 84.7. The molecule has 35 atom stereocenters. The number of aliphatic hydroxyl groups excluding tert-OH is 24. The van der Waals surface area contributed by atoms with Gasteiger partial charge in [-0.2, -0.15) is 76.7 Å². The molecule has 0 aromatic heterocycles. The Bertz CT molecular complexity index is 2550. The topological polar surface area (TPSA) is 906 Å². The van der Waals surface area contributed by atoms with Crippen LogP contribution in [0.5, 0.6) is 0 Å². The van der Waals surface area contributed by atoms with E-state index in [0.717, 1.165) is 19.3 Å². The van der Waals surface area contributed by atoms with Gasteiger partial charge in [-0.15, -0.1) is 0 Å². The van der Waals surface area contributed by atoms with Crippen molar-refractivity contribution >= 4 is 49.2 Å². The Kier molecular flexibility index (Phi) is 90.6. The van der Waals surface area contributed by atoms with Gasteiger partial charge in [-0.1, -0.05) is 20.8 Å². The van der Waals surface area contributed by atoms with E-state index >= 15 is 0 Å². The zero-order valence-electron chi connectivity index (χ0n) is 72.1. The molecule has 752 valence electrons. The molecule has 56 heteroatoms. The van der Waals surface area contributed by atoms with Crippen molar-refractivity contribution in [3.8, 4) is 0 Å². The van der Waals surface area contributed by atoms with Crippen LogP contribution in [-0.2, 0) is 153 Å². The Morgan fingerprint density at radius 1 is 0.203 bits per heavy atom. The summed E-state index contributed by atoms with van der Waals surface area (Å²) in [6.07, 6.45) is -29.9. The van der Waals surface area contributed by atoms with Crippen LogP contribution < -0.4 is 0 Å². The highest BCUT2D eigenvalue weighted by molar-refractivity contribution is 5.21. The molecule has 0 radical (unpaired) electrons. The van der Waals surface area contributed by atoms with Gasteiger partial charge in [0.25, 0.3) is 0 Å². The highest BCUT2D eigenvalue weighted by Gasteiger charge is 2.45. The van der Waals surface area contributed by atoms with Crippen molar-refractivity contribution < 1.29 is 275 Å². The smallest absolute Gasteiger partial charge is 0.373 e. The standard InChI is InChI=1S/3C9H18O5.2C8H16O5.3C7H14O5.8CO2/c3*1-3-5(2)14-9-8(12)7(11)6(10)4-13-9;2*1-4(2)13-8-7(11)6(10)5(9)3-12-8;3*1-2-11-7-6(10)5(9)4(8)3-12-7;8*2-1-3/h3*5-12H,3-4H2,1-2H3;2*4-11H,3H2,1-2H3;3*4-10H,2-3H2,1H3;;;;;;;;/t2*5?,6-,7+,8?,9+;5?,6-,7-,8?,9-;2*5-,6+,7?,8+;2*4-,5+,6?,7-;4-,5-,6?,7+;;;;;;;;/m11011110......../s1.